The fraction of sp³-hybridized carbons (Fsp3) is 0.409. The molecule has 0 spiro atoms. The molecule has 1 unspecified atom stereocenters. The maximum Gasteiger partial charge on any atom is 0.141 e. The highest BCUT2D eigenvalue weighted by atomic mass is 19.1. The van der Waals surface area contributed by atoms with E-state index in [1.807, 2.05) is 48.5 Å². The molecular weight excluding hydrogens is 357 g/mol. The van der Waals surface area contributed by atoms with Crippen molar-refractivity contribution in [2.45, 2.75) is 25.0 Å². The van der Waals surface area contributed by atoms with Crippen molar-refractivity contribution in [1.29, 1.82) is 0 Å². The second-order valence-corrected chi connectivity index (χ2v) is 7.27. The summed E-state index contributed by atoms with van der Waals surface area (Å²) in [7, 11) is 2.14. The van der Waals surface area contributed by atoms with Crippen LogP contribution in [0.1, 0.15) is 30.3 Å². The third-order valence-corrected chi connectivity index (χ3v) is 5.16. The Balaban J connectivity index is 1.64. The average molecular weight is 383 g/mol. The number of benzene rings is 2. The highest BCUT2D eigenvalue weighted by molar-refractivity contribution is 5.74. The molecule has 148 valence electrons. The maximum absolute atomic E-state index is 12.5. The Bertz CT molecular complexity index is 872. The van der Waals surface area contributed by atoms with Crippen LogP contribution in [0.2, 0.25) is 0 Å². The van der Waals surface area contributed by atoms with E-state index in [1.54, 1.807) is 0 Å². The minimum Gasteiger partial charge on any atom is -0.491 e. The number of aromatic nitrogens is 2. The van der Waals surface area contributed by atoms with Gasteiger partial charge in [-0.1, -0.05) is 24.3 Å². The molecule has 2 aromatic carbocycles. The number of imidazole rings is 1. The fourth-order valence-corrected chi connectivity index (χ4v) is 3.63. The number of H-pyrrole nitrogens is 1. The van der Waals surface area contributed by atoms with Gasteiger partial charge in [-0.15, -0.1) is 0 Å². The molecule has 4 rings (SSSR count). The van der Waals surface area contributed by atoms with Crippen LogP contribution < -0.4 is 4.74 Å². The first-order valence-corrected chi connectivity index (χ1v) is 9.80. The third kappa shape index (κ3) is 4.34. The zero-order chi connectivity index (χ0) is 19.3. The van der Waals surface area contributed by atoms with Crippen LogP contribution >= 0.6 is 0 Å². The van der Waals surface area contributed by atoms with E-state index in [-0.39, 0.29) is 18.8 Å². The number of aromatic amines is 1. The van der Waals surface area contributed by atoms with E-state index in [0.717, 1.165) is 48.4 Å². The van der Waals surface area contributed by atoms with Crippen LogP contribution in [0, 0.1) is 0 Å². The topological polar surface area (TPSA) is 50.4 Å². The predicted molar refractivity (Wildman–Crippen MR) is 107 cm³/mol. The minimum atomic E-state index is -0.511. The Hall–Kier alpha value is -2.44. The Labute approximate surface area is 164 Å². The van der Waals surface area contributed by atoms with Gasteiger partial charge < -0.3 is 19.4 Å². The molecule has 3 aromatic rings. The van der Waals surface area contributed by atoms with Crippen molar-refractivity contribution < 1.29 is 13.9 Å². The molecule has 0 radical (unpaired) electrons. The molecular formula is C22H26FN3O2. The van der Waals surface area contributed by atoms with Crippen molar-refractivity contribution in [3.63, 3.8) is 0 Å². The van der Waals surface area contributed by atoms with Gasteiger partial charge in [-0.25, -0.2) is 9.37 Å². The highest BCUT2D eigenvalue weighted by Gasteiger charge is 2.26. The molecule has 1 aliphatic heterocycles. The number of fused-ring (bicyclic) bond motifs is 1. The fourth-order valence-electron chi connectivity index (χ4n) is 3.63. The van der Waals surface area contributed by atoms with Gasteiger partial charge in [0, 0.05) is 13.1 Å². The van der Waals surface area contributed by atoms with E-state index in [1.165, 1.54) is 0 Å². The van der Waals surface area contributed by atoms with Gasteiger partial charge in [-0.2, -0.15) is 0 Å². The predicted octanol–water partition coefficient (Wildman–Crippen LogP) is 4.11. The van der Waals surface area contributed by atoms with Crippen molar-refractivity contribution in [2.24, 2.45) is 0 Å². The molecule has 1 aliphatic rings. The Kier molecular flexibility index (Phi) is 5.88. The van der Waals surface area contributed by atoms with Gasteiger partial charge >= 0.3 is 0 Å². The summed E-state index contributed by atoms with van der Waals surface area (Å²) in [6.45, 7) is 1.59. The first-order valence-electron chi connectivity index (χ1n) is 9.80. The number of nitrogens with zero attached hydrogens (tertiary/aromatic N) is 2. The summed E-state index contributed by atoms with van der Waals surface area (Å²) in [5.41, 5.74) is 2.85. The second-order valence-electron chi connectivity index (χ2n) is 7.27. The van der Waals surface area contributed by atoms with Gasteiger partial charge in [0.15, 0.2) is 0 Å². The Morgan fingerprint density at radius 3 is 2.79 bits per heavy atom. The zero-order valence-corrected chi connectivity index (χ0v) is 16.1. The zero-order valence-electron chi connectivity index (χ0n) is 16.1. The Morgan fingerprint density at radius 1 is 1.18 bits per heavy atom. The summed E-state index contributed by atoms with van der Waals surface area (Å²) in [5.74, 6) is 1.42. The lowest BCUT2D eigenvalue weighted by Crippen LogP contribution is -2.35. The van der Waals surface area contributed by atoms with Gasteiger partial charge in [0.05, 0.1) is 17.1 Å². The molecule has 1 atom stereocenters. The number of hydrogen-bond donors (Lipinski definition) is 1. The van der Waals surface area contributed by atoms with E-state index >= 15 is 0 Å². The molecule has 1 aromatic heterocycles. The number of hydrogen-bond acceptors (Lipinski definition) is 4. The van der Waals surface area contributed by atoms with E-state index < -0.39 is 6.67 Å². The van der Waals surface area contributed by atoms with Crippen LogP contribution in [0.15, 0.2) is 48.5 Å². The molecule has 1 N–H and O–H groups in total. The molecule has 28 heavy (non-hydrogen) atoms. The number of piperidine rings is 1. The summed E-state index contributed by atoms with van der Waals surface area (Å²) in [4.78, 5) is 10.5. The van der Waals surface area contributed by atoms with E-state index in [0.29, 0.717) is 5.75 Å². The number of para-hydroxylation sites is 2. The standard InChI is InChI=1S/C22H26FN3O2/c1-26-12-9-17(10-13-26)28-21(16-5-4-6-18(15-16)27-14-11-23)22-24-19-7-2-3-8-20(19)25-22/h2-8,15,17,21H,9-14H2,1H3,(H,24,25). The number of ether oxygens (including phenoxy) is 2. The highest BCUT2D eigenvalue weighted by Crippen LogP contribution is 2.31. The van der Waals surface area contributed by atoms with E-state index in [2.05, 4.69) is 16.9 Å². The monoisotopic (exact) mass is 383 g/mol. The summed E-state index contributed by atoms with van der Waals surface area (Å²) in [6.07, 6.45) is 1.83. The molecule has 0 bridgehead atoms. The van der Waals surface area contributed by atoms with Gasteiger partial charge in [0.1, 0.15) is 31.0 Å². The van der Waals surface area contributed by atoms with Crippen molar-refractivity contribution in [2.75, 3.05) is 33.4 Å². The summed E-state index contributed by atoms with van der Waals surface area (Å²) >= 11 is 0. The molecule has 1 fully saturated rings. The molecule has 0 saturated carbocycles. The first-order chi connectivity index (χ1) is 13.7. The average Bonchev–Trinajstić information content (AvgIpc) is 3.16. The summed E-state index contributed by atoms with van der Waals surface area (Å²) in [6, 6.07) is 15.6. The van der Waals surface area contributed by atoms with Crippen LogP contribution in [0.5, 0.6) is 5.75 Å². The molecule has 6 heteroatoms. The van der Waals surface area contributed by atoms with Crippen LogP contribution in [-0.4, -0.2) is 54.4 Å². The lowest BCUT2D eigenvalue weighted by Gasteiger charge is -2.31. The third-order valence-electron chi connectivity index (χ3n) is 5.16. The van der Waals surface area contributed by atoms with Crippen LogP contribution in [0.3, 0.4) is 0 Å². The van der Waals surface area contributed by atoms with Crippen LogP contribution in [0.4, 0.5) is 4.39 Å². The van der Waals surface area contributed by atoms with Crippen molar-refractivity contribution >= 4 is 11.0 Å². The number of alkyl halides is 1. The quantitative estimate of drug-likeness (QED) is 0.667. The van der Waals surface area contributed by atoms with E-state index in [9.17, 15) is 4.39 Å². The molecule has 0 aliphatic carbocycles. The normalized spacial score (nSPS) is 17.1. The molecule has 2 heterocycles. The van der Waals surface area contributed by atoms with Crippen LogP contribution in [-0.2, 0) is 4.74 Å². The lowest BCUT2D eigenvalue weighted by molar-refractivity contribution is -0.0265. The van der Waals surface area contributed by atoms with Gasteiger partial charge in [0.2, 0.25) is 0 Å². The molecule has 5 nitrogen and oxygen atoms in total. The van der Waals surface area contributed by atoms with Gasteiger partial charge in [0.25, 0.3) is 0 Å². The largest absolute Gasteiger partial charge is 0.491 e. The van der Waals surface area contributed by atoms with Crippen molar-refractivity contribution in [3.05, 3.63) is 59.9 Å². The maximum atomic E-state index is 12.5. The van der Waals surface area contributed by atoms with E-state index in [4.69, 9.17) is 14.5 Å². The smallest absolute Gasteiger partial charge is 0.141 e. The SMILES string of the molecule is CN1CCC(OC(c2cccc(OCCF)c2)c2nc3ccccc3[nH]2)CC1. The van der Waals surface area contributed by atoms with Crippen LogP contribution in [0.25, 0.3) is 11.0 Å². The Morgan fingerprint density at radius 2 is 2.00 bits per heavy atom. The van der Waals surface area contributed by atoms with Gasteiger partial charge in [-0.05, 0) is 49.7 Å². The number of rotatable bonds is 7. The van der Waals surface area contributed by atoms with Crippen molar-refractivity contribution in [1.82, 2.24) is 14.9 Å². The minimum absolute atomic E-state index is 0.0502. The number of nitrogens with one attached hydrogen (secondary N) is 1. The van der Waals surface area contributed by atoms with Crippen molar-refractivity contribution in [3.8, 4) is 5.75 Å². The first kappa shape index (κ1) is 18.9. The molecule has 0 amide bonds. The summed E-state index contributed by atoms with van der Waals surface area (Å²) < 4.78 is 24.5. The number of likely N-dealkylation sites (tertiary alicyclic amines) is 1. The van der Waals surface area contributed by atoms with Gasteiger partial charge in [-0.3, -0.25) is 0 Å². The summed E-state index contributed by atoms with van der Waals surface area (Å²) in [5, 5.41) is 0. The molecule has 1 saturated heterocycles. The lowest BCUT2D eigenvalue weighted by atomic mass is 10.1. The number of halogens is 1. The second kappa shape index (κ2) is 8.71.